The van der Waals surface area contributed by atoms with Gasteiger partial charge in [0, 0.05) is 13.5 Å². The summed E-state index contributed by atoms with van der Waals surface area (Å²) in [6.07, 6.45) is 0.0695. The summed E-state index contributed by atoms with van der Waals surface area (Å²) < 4.78 is 5.00. The van der Waals surface area contributed by atoms with Crippen LogP contribution in [0, 0.1) is 6.92 Å². The number of aryl methyl sites for hydroxylation is 1. The molecule has 6 nitrogen and oxygen atoms in total. The van der Waals surface area contributed by atoms with Gasteiger partial charge in [-0.15, -0.1) is 0 Å². The molecule has 0 radical (unpaired) electrons. The molecule has 0 aromatic heterocycles. The van der Waals surface area contributed by atoms with Crippen molar-refractivity contribution in [1.82, 2.24) is 10.6 Å². The standard InChI is InChI=1S/C18H26N2O4/c1-12(2)24-18(23)9-10-19-17(22)11-16(20-14(4)21)15-7-5-13(3)6-8-15/h5-8,12,16H,9-11H2,1-4H3,(H,19,22)(H,20,21). The average Bonchev–Trinajstić information content (AvgIpc) is 2.46. The van der Waals surface area contributed by atoms with Crippen molar-refractivity contribution in [3.05, 3.63) is 35.4 Å². The SMILES string of the molecule is CC(=O)NC(CC(=O)NCCC(=O)OC(C)C)c1ccc(C)cc1. The van der Waals surface area contributed by atoms with Crippen LogP contribution in [0.1, 0.15) is 50.8 Å². The summed E-state index contributed by atoms with van der Waals surface area (Å²) >= 11 is 0. The number of ether oxygens (including phenoxy) is 1. The monoisotopic (exact) mass is 334 g/mol. The highest BCUT2D eigenvalue weighted by Gasteiger charge is 2.17. The van der Waals surface area contributed by atoms with Crippen molar-refractivity contribution in [3.8, 4) is 0 Å². The van der Waals surface area contributed by atoms with Gasteiger partial charge in [0.25, 0.3) is 0 Å². The van der Waals surface area contributed by atoms with Crippen molar-refractivity contribution in [2.24, 2.45) is 0 Å². The summed E-state index contributed by atoms with van der Waals surface area (Å²) in [5.41, 5.74) is 1.97. The Morgan fingerprint density at radius 3 is 2.29 bits per heavy atom. The van der Waals surface area contributed by atoms with Crippen LogP contribution in [0.4, 0.5) is 0 Å². The topological polar surface area (TPSA) is 84.5 Å². The van der Waals surface area contributed by atoms with Crippen LogP contribution in [0.3, 0.4) is 0 Å². The van der Waals surface area contributed by atoms with E-state index in [1.165, 1.54) is 6.92 Å². The first kappa shape index (κ1) is 19.7. The van der Waals surface area contributed by atoms with E-state index in [9.17, 15) is 14.4 Å². The van der Waals surface area contributed by atoms with E-state index in [-0.39, 0.29) is 43.3 Å². The third-order valence-corrected chi connectivity index (χ3v) is 3.27. The molecule has 0 aliphatic heterocycles. The molecule has 0 saturated heterocycles. The van der Waals surface area contributed by atoms with E-state index >= 15 is 0 Å². The summed E-state index contributed by atoms with van der Waals surface area (Å²) in [7, 11) is 0. The molecule has 1 rings (SSSR count). The molecule has 1 atom stereocenters. The molecule has 132 valence electrons. The van der Waals surface area contributed by atoms with Gasteiger partial charge in [0.2, 0.25) is 11.8 Å². The van der Waals surface area contributed by atoms with Crippen molar-refractivity contribution in [1.29, 1.82) is 0 Å². The molecule has 24 heavy (non-hydrogen) atoms. The highest BCUT2D eigenvalue weighted by Crippen LogP contribution is 2.17. The second-order valence-electron chi connectivity index (χ2n) is 6.01. The lowest BCUT2D eigenvalue weighted by Crippen LogP contribution is -2.33. The van der Waals surface area contributed by atoms with Crippen molar-refractivity contribution in [2.45, 2.75) is 52.7 Å². The fourth-order valence-electron chi connectivity index (χ4n) is 2.18. The Hall–Kier alpha value is -2.37. The first-order valence-electron chi connectivity index (χ1n) is 8.07. The number of rotatable bonds is 8. The summed E-state index contributed by atoms with van der Waals surface area (Å²) in [5, 5.41) is 5.46. The number of hydrogen-bond acceptors (Lipinski definition) is 4. The third-order valence-electron chi connectivity index (χ3n) is 3.27. The minimum atomic E-state index is -0.397. The number of carbonyl (C=O) groups excluding carboxylic acids is 3. The van der Waals surface area contributed by atoms with Crippen LogP contribution < -0.4 is 10.6 Å². The molecule has 2 N–H and O–H groups in total. The van der Waals surface area contributed by atoms with Crippen molar-refractivity contribution >= 4 is 17.8 Å². The number of carbonyl (C=O) groups is 3. The van der Waals surface area contributed by atoms with E-state index in [1.54, 1.807) is 13.8 Å². The van der Waals surface area contributed by atoms with Gasteiger partial charge < -0.3 is 15.4 Å². The minimum Gasteiger partial charge on any atom is -0.463 e. The maximum absolute atomic E-state index is 12.1. The lowest BCUT2D eigenvalue weighted by atomic mass is 10.0. The number of nitrogens with one attached hydrogen (secondary N) is 2. The molecule has 0 aliphatic carbocycles. The van der Waals surface area contributed by atoms with Crippen LogP contribution in [0.5, 0.6) is 0 Å². The van der Waals surface area contributed by atoms with Gasteiger partial charge in [0.1, 0.15) is 0 Å². The maximum atomic E-state index is 12.1. The Morgan fingerprint density at radius 1 is 1.12 bits per heavy atom. The third kappa shape index (κ3) is 7.76. The number of benzene rings is 1. The quantitative estimate of drug-likeness (QED) is 0.712. The fraction of sp³-hybridized carbons (Fsp3) is 0.500. The van der Waals surface area contributed by atoms with E-state index in [1.807, 2.05) is 31.2 Å². The Balaban J connectivity index is 2.54. The summed E-state index contributed by atoms with van der Waals surface area (Å²) in [4.78, 5) is 34.9. The van der Waals surface area contributed by atoms with Gasteiger partial charge in [-0.2, -0.15) is 0 Å². The molecule has 0 fully saturated rings. The highest BCUT2D eigenvalue weighted by atomic mass is 16.5. The molecule has 1 aromatic rings. The molecular weight excluding hydrogens is 308 g/mol. The molecule has 6 heteroatoms. The first-order valence-corrected chi connectivity index (χ1v) is 8.07. The highest BCUT2D eigenvalue weighted by molar-refractivity contribution is 5.79. The van der Waals surface area contributed by atoms with Crippen LogP contribution >= 0.6 is 0 Å². The summed E-state index contributed by atoms with van der Waals surface area (Å²) in [5.74, 6) is -0.775. The van der Waals surface area contributed by atoms with E-state index in [0.717, 1.165) is 11.1 Å². The molecule has 0 aliphatic rings. The zero-order valence-corrected chi connectivity index (χ0v) is 14.7. The van der Waals surface area contributed by atoms with E-state index < -0.39 is 6.04 Å². The Labute approximate surface area is 143 Å². The largest absolute Gasteiger partial charge is 0.463 e. The van der Waals surface area contributed by atoms with Crippen molar-refractivity contribution in [2.75, 3.05) is 6.54 Å². The van der Waals surface area contributed by atoms with Gasteiger partial charge in [-0.05, 0) is 26.3 Å². The maximum Gasteiger partial charge on any atom is 0.307 e. The molecule has 0 spiro atoms. The summed E-state index contributed by atoms with van der Waals surface area (Å²) in [6, 6.07) is 7.26. The van der Waals surface area contributed by atoms with Crippen molar-refractivity contribution < 1.29 is 19.1 Å². The van der Waals surface area contributed by atoms with Gasteiger partial charge in [0.05, 0.1) is 25.0 Å². The lowest BCUT2D eigenvalue weighted by Gasteiger charge is -2.18. The average molecular weight is 334 g/mol. The second kappa shape index (κ2) is 9.70. The van der Waals surface area contributed by atoms with E-state index in [4.69, 9.17) is 4.74 Å². The predicted molar refractivity (Wildman–Crippen MR) is 91.2 cm³/mol. The van der Waals surface area contributed by atoms with Gasteiger partial charge >= 0.3 is 5.97 Å². The zero-order chi connectivity index (χ0) is 18.1. The Morgan fingerprint density at radius 2 is 1.75 bits per heavy atom. The van der Waals surface area contributed by atoms with Crippen LogP contribution in [0.25, 0.3) is 0 Å². The zero-order valence-electron chi connectivity index (χ0n) is 14.7. The number of hydrogen-bond donors (Lipinski definition) is 2. The Kier molecular flexibility index (Phi) is 7.95. The molecular formula is C18H26N2O4. The fourth-order valence-corrected chi connectivity index (χ4v) is 2.18. The predicted octanol–water partition coefficient (Wildman–Crippen LogP) is 2.02. The number of esters is 1. The van der Waals surface area contributed by atoms with Crippen LogP contribution in [-0.2, 0) is 19.1 Å². The normalized spacial score (nSPS) is 11.7. The van der Waals surface area contributed by atoms with Gasteiger partial charge in [-0.3, -0.25) is 14.4 Å². The summed E-state index contributed by atoms with van der Waals surface area (Å²) in [6.45, 7) is 7.15. The molecule has 0 heterocycles. The van der Waals surface area contributed by atoms with E-state index in [0.29, 0.717) is 0 Å². The Bertz CT molecular complexity index is 567. The van der Waals surface area contributed by atoms with Gasteiger partial charge in [0.15, 0.2) is 0 Å². The second-order valence-corrected chi connectivity index (χ2v) is 6.01. The van der Waals surface area contributed by atoms with Crippen molar-refractivity contribution in [3.63, 3.8) is 0 Å². The molecule has 0 saturated carbocycles. The minimum absolute atomic E-state index is 0.113. The number of amides is 2. The van der Waals surface area contributed by atoms with Gasteiger partial charge in [-0.25, -0.2) is 0 Å². The van der Waals surface area contributed by atoms with Crippen LogP contribution in [0.2, 0.25) is 0 Å². The smallest absolute Gasteiger partial charge is 0.307 e. The first-order chi connectivity index (χ1) is 11.3. The van der Waals surface area contributed by atoms with Crippen LogP contribution in [-0.4, -0.2) is 30.4 Å². The molecule has 1 unspecified atom stereocenters. The lowest BCUT2D eigenvalue weighted by molar-refractivity contribution is -0.147. The molecule has 0 bridgehead atoms. The molecule has 2 amide bonds. The van der Waals surface area contributed by atoms with Gasteiger partial charge in [-0.1, -0.05) is 29.8 Å². The van der Waals surface area contributed by atoms with Crippen LogP contribution in [0.15, 0.2) is 24.3 Å². The van der Waals surface area contributed by atoms with E-state index in [2.05, 4.69) is 10.6 Å². The molecule has 1 aromatic carbocycles.